The third-order valence-corrected chi connectivity index (χ3v) is 4.90. The summed E-state index contributed by atoms with van der Waals surface area (Å²) >= 11 is 3.62. The van der Waals surface area contributed by atoms with E-state index >= 15 is 0 Å². The van der Waals surface area contributed by atoms with Gasteiger partial charge in [0.1, 0.15) is 0 Å². The van der Waals surface area contributed by atoms with E-state index in [4.69, 9.17) is 9.47 Å². The summed E-state index contributed by atoms with van der Waals surface area (Å²) in [4.78, 5) is 4.53. The largest absolute Gasteiger partial charge is 0.493 e. The minimum absolute atomic E-state index is 0.00241. The number of halogens is 1. The van der Waals surface area contributed by atoms with Gasteiger partial charge in [-0.1, -0.05) is 52.3 Å². The Bertz CT molecular complexity index is 802. The molecule has 4 nitrogen and oxygen atoms in total. The highest BCUT2D eigenvalue weighted by molar-refractivity contribution is 9.10. The Morgan fingerprint density at radius 2 is 1.65 bits per heavy atom. The van der Waals surface area contributed by atoms with Gasteiger partial charge in [-0.3, -0.25) is 4.98 Å². The fourth-order valence-electron chi connectivity index (χ4n) is 2.83. The number of hydrogen-bond acceptors (Lipinski definition) is 4. The Morgan fingerprint density at radius 3 is 2.31 bits per heavy atom. The van der Waals surface area contributed by atoms with Crippen LogP contribution in [-0.4, -0.2) is 19.2 Å². The summed E-state index contributed by atoms with van der Waals surface area (Å²) in [6, 6.07) is 20.2. The lowest BCUT2D eigenvalue weighted by atomic mass is 10.0. The van der Waals surface area contributed by atoms with Crippen molar-refractivity contribution in [2.45, 2.75) is 12.6 Å². The van der Waals surface area contributed by atoms with Crippen LogP contribution in [-0.2, 0) is 6.54 Å². The van der Waals surface area contributed by atoms with Crippen molar-refractivity contribution < 1.29 is 9.47 Å². The summed E-state index contributed by atoms with van der Waals surface area (Å²) in [5.74, 6) is 1.41. The zero-order chi connectivity index (χ0) is 18.4. The van der Waals surface area contributed by atoms with E-state index in [2.05, 4.69) is 38.4 Å². The monoisotopic (exact) mass is 412 g/mol. The van der Waals surface area contributed by atoms with Crippen molar-refractivity contribution in [1.29, 1.82) is 0 Å². The van der Waals surface area contributed by atoms with E-state index in [0.717, 1.165) is 15.7 Å². The molecule has 5 heteroatoms. The number of hydrogen-bond donors (Lipinski definition) is 1. The van der Waals surface area contributed by atoms with Gasteiger partial charge in [-0.05, 0) is 35.4 Å². The van der Waals surface area contributed by atoms with Crippen LogP contribution in [0.2, 0.25) is 0 Å². The summed E-state index contributed by atoms with van der Waals surface area (Å²) in [5.41, 5.74) is 3.23. The highest BCUT2D eigenvalue weighted by atomic mass is 79.9. The zero-order valence-corrected chi connectivity index (χ0v) is 16.4. The van der Waals surface area contributed by atoms with E-state index in [9.17, 15) is 0 Å². The Hall–Kier alpha value is -2.37. The lowest BCUT2D eigenvalue weighted by molar-refractivity contribution is 0.354. The summed E-state index contributed by atoms with van der Waals surface area (Å²) in [6.07, 6.45) is 1.82. The summed E-state index contributed by atoms with van der Waals surface area (Å²) in [5, 5.41) is 3.61. The molecule has 0 amide bonds. The quantitative estimate of drug-likeness (QED) is 0.608. The molecule has 0 unspecified atom stereocenters. The Balaban J connectivity index is 1.87. The molecule has 26 heavy (non-hydrogen) atoms. The van der Waals surface area contributed by atoms with E-state index in [0.29, 0.717) is 18.0 Å². The number of pyridine rings is 1. The number of aromatic nitrogens is 1. The van der Waals surface area contributed by atoms with Gasteiger partial charge in [-0.15, -0.1) is 0 Å². The minimum Gasteiger partial charge on any atom is -0.493 e. The average molecular weight is 413 g/mol. The van der Waals surface area contributed by atoms with Gasteiger partial charge < -0.3 is 14.8 Å². The third kappa shape index (κ3) is 4.23. The molecule has 1 aromatic heterocycles. The fourth-order valence-corrected chi connectivity index (χ4v) is 3.29. The smallest absolute Gasteiger partial charge is 0.161 e. The van der Waals surface area contributed by atoms with Crippen LogP contribution in [0.4, 0.5) is 0 Å². The highest BCUT2D eigenvalue weighted by Crippen LogP contribution is 2.33. The maximum atomic E-state index is 5.42. The second-order valence-electron chi connectivity index (χ2n) is 5.78. The van der Waals surface area contributed by atoms with E-state index < -0.39 is 0 Å². The first-order chi connectivity index (χ1) is 12.7. The van der Waals surface area contributed by atoms with E-state index in [1.807, 2.05) is 54.7 Å². The lowest BCUT2D eigenvalue weighted by Gasteiger charge is -2.20. The first-order valence-corrected chi connectivity index (χ1v) is 9.12. The lowest BCUT2D eigenvalue weighted by Crippen LogP contribution is -2.23. The van der Waals surface area contributed by atoms with Gasteiger partial charge in [0, 0.05) is 17.2 Å². The van der Waals surface area contributed by atoms with E-state index in [1.165, 1.54) is 5.56 Å². The predicted octanol–water partition coefficient (Wildman–Crippen LogP) is 4.74. The van der Waals surface area contributed by atoms with Crippen LogP contribution in [0.1, 0.15) is 22.9 Å². The molecule has 0 aliphatic heterocycles. The van der Waals surface area contributed by atoms with Crippen molar-refractivity contribution in [3.05, 3.63) is 88.2 Å². The SMILES string of the molecule is COc1cc(Br)c(CN[C@@H](c2ccccc2)c2ccccn2)cc1OC. The molecule has 3 aromatic rings. The van der Waals surface area contributed by atoms with Crippen molar-refractivity contribution in [3.63, 3.8) is 0 Å². The number of methoxy groups -OCH3 is 2. The maximum absolute atomic E-state index is 5.42. The van der Waals surface area contributed by atoms with Gasteiger partial charge in [0.15, 0.2) is 11.5 Å². The van der Waals surface area contributed by atoms with Gasteiger partial charge >= 0.3 is 0 Å². The third-order valence-electron chi connectivity index (χ3n) is 4.17. The fraction of sp³-hybridized carbons (Fsp3) is 0.190. The summed E-state index contributed by atoms with van der Waals surface area (Å²) in [7, 11) is 3.28. The van der Waals surface area contributed by atoms with Gasteiger partial charge in [0.25, 0.3) is 0 Å². The minimum atomic E-state index is -0.00241. The molecule has 2 aromatic carbocycles. The van der Waals surface area contributed by atoms with Crippen LogP contribution in [0, 0.1) is 0 Å². The molecule has 0 spiro atoms. The van der Waals surface area contributed by atoms with Gasteiger partial charge in [-0.25, -0.2) is 0 Å². The summed E-state index contributed by atoms with van der Waals surface area (Å²) in [6.45, 7) is 0.650. The predicted molar refractivity (Wildman–Crippen MR) is 107 cm³/mol. The topological polar surface area (TPSA) is 43.4 Å². The Morgan fingerprint density at radius 1 is 0.962 bits per heavy atom. The first-order valence-electron chi connectivity index (χ1n) is 8.32. The normalized spacial score (nSPS) is 11.8. The molecule has 0 bridgehead atoms. The van der Waals surface area contributed by atoms with Crippen molar-refractivity contribution in [1.82, 2.24) is 10.3 Å². The highest BCUT2D eigenvalue weighted by Gasteiger charge is 2.16. The molecule has 0 fully saturated rings. The number of nitrogens with one attached hydrogen (secondary N) is 1. The second-order valence-corrected chi connectivity index (χ2v) is 6.63. The van der Waals surface area contributed by atoms with Crippen LogP contribution in [0.3, 0.4) is 0 Å². The number of nitrogens with zero attached hydrogens (tertiary/aromatic N) is 1. The molecule has 1 atom stereocenters. The molecule has 0 saturated carbocycles. The summed E-state index contributed by atoms with van der Waals surface area (Å²) < 4.78 is 11.7. The molecule has 1 heterocycles. The Kier molecular flexibility index (Phi) is 6.26. The van der Waals surface area contributed by atoms with Crippen molar-refractivity contribution in [3.8, 4) is 11.5 Å². The standard InChI is InChI=1S/C21H21BrN2O2/c1-25-19-12-16(17(22)13-20(19)26-2)14-24-21(15-8-4-3-5-9-15)18-10-6-7-11-23-18/h3-13,21,24H,14H2,1-2H3/t21-/m0/s1. The van der Waals surface area contributed by atoms with Crippen molar-refractivity contribution in [2.24, 2.45) is 0 Å². The molecular formula is C21H21BrN2O2. The molecule has 134 valence electrons. The molecular weight excluding hydrogens is 392 g/mol. The van der Waals surface area contributed by atoms with E-state index in [-0.39, 0.29) is 6.04 Å². The molecule has 3 rings (SSSR count). The molecule has 0 radical (unpaired) electrons. The van der Waals surface area contributed by atoms with Crippen LogP contribution in [0.15, 0.2) is 71.3 Å². The van der Waals surface area contributed by atoms with Crippen molar-refractivity contribution in [2.75, 3.05) is 14.2 Å². The molecule has 0 aliphatic carbocycles. The van der Waals surface area contributed by atoms with Crippen molar-refractivity contribution >= 4 is 15.9 Å². The molecule has 0 saturated heterocycles. The van der Waals surface area contributed by atoms with Crippen LogP contribution in [0.25, 0.3) is 0 Å². The number of ether oxygens (including phenoxy) is 2. The maximum Gasteiger partial charge on any atom is 0.161 e. The first kappa shape index (κ1) is 18.4. The number of rotatable bonds is 7. The second kappa shape index (κ2) is 8.83. The van der Waals surface area contributed by atoms with E-state index in [1.54, 1.807) is 14.2 Å². The Labute approximate surface area is 162 Å². The molecule has 0 aliphatic rings. The van der Waals surface area contributed by atoms with Crippen LogP contribution in [0.5, 0.6) is 11.5 Å². The number of benzene rings is 2. The van der Waals surface area contributed by atoms with Gasteiger partial charge in [0.05, 0.1) is 26.0 Å². The zero-order valence-electron chi connectivity index (χ0n) is 14.8. The van der Waals surface area contributed by atoms with Gasteiger partial charge in [0.2, 0.25) is 0 Å². The molecule has 1 N–H and O–H groups in total. The van der Waals surface area contributed by atoms with Crippen LogP contribution < -0.4 is 14.8 Å². The van der Waals surface area contributed by atoms with Gasteiger partial charge in [-0.2, -0.15) is 0 Å². The average Bonchev–Trinajstić information content (AvgIpc) is 2.70. The van der Waals surface area contributed by atoms with Crippen LogP contribution >= 0.6 is 15.9 Å².